The zero-order chi connectivity index (χ0) is 33.2. The van der Waals surface area contributed by atoms with Gasteiger partial charge in [-0.25, -0.2) is 9.59 Å². The van der Waals surface area contributed by atoms with E-state index in [0.717, 1.165) is 10.0 Å². The Morgan fingerprint density at radius 2 is 1.89 bits per heavy atom. The number of aliphatic hydroxyl groups excluding tert-OH is 1. The molecule has 1 aliphatic rings. The van der Waals surface area contributed by atoms with E-state index in [1.54, 1.807) is 50.2 Å². The van der Waals surface area contributed by atoms with Crippen LogP contribution in [0.2, 0.25) is 5.02 Å². The maximum atomic E-state index is 12.5. The van der Waals surface area contributed by atoms with Crippen LogP contribution in [0.4, 0.5) is 4.79 Å². The molecule has 0 saturated heterocycles. The molecule has 0 aromatic heterocycles. The van der Waals surface area contributed by atoms with E-state index in [1.807, 2.05) is 18.2 Å². The summed E-state index contributed by atoms with van der Waals surface area (Å²) >= 11 is 9.75. The highest BCUT2D eigenvalue weighted by molar-refractivity contribution is 9.10. The minimum Gasteiger partial charge on any atom is -0.493 e. The van der Waals surface area contributed by atoms with Gasteiger partial charge >= 0.3 is 12.0 Å². The summed E-state index contributed by atoms with van der Waals surface area (Å²) < 4.78 is 28.8. The Hall–Kier alpha value is -4.46. The van der Waals surface area contributed by atoms with E-state index in [2.05, 4.69) is 37.1 Å². The summed E-state index contributed by atoms with van der Waals surface area (Å²) in [5.41, 5.74) is 5.23. The standard InChI is InChI=1S/C32H34BrClN4O8/c1-5-44-25-13-19(29-28(31(40)43-4)18(2)36-32(41)37-29)10-11-24(25)45-17-27(39)38-35-15-21-12-22(33)14-26(42-3)30(21)46-16-20-8-6-7-9-23(20)34/h6-15,27,29,38-39H,5,16-17H2,1-4H3,(H2,36,37,41)/b35-15+/t27-,29-/m1/s1. The van der Waals surface area contributed by atoms with Crippen LogP contribution in [0.1, 0.15) is 36.6 Å². The van der Waals surface area contributed by atoms with E-state index in [4.69, 9.17) is 35.3 Å². The number of hydrazone groups is 1. The lowest BCUT2D eigenvalue weighted by atomic mass is 9.95. The molecule has 0 aliphatic carbocycles. The first-order valence-corrected chi connectivity index (χ1v) is 15.3. The smallest absolute Gasteiger partial charge is 0.337 e. The molecular weight excluding hydrogens is 684 g/mol. The van der Waals surface area contributed by atoms with Gasteiger partial charge < -0.3 is 39.4 Å². The van der Waals surface area contributed by atoms with Gasteiger partial charge in [0.2, 0.25) is 0 Å². The molecule has 1 heterocycles. The minimum atomic E-state index is -1.20. The van der Waals surface area contributed by atoms with Crippen LogP contribution < -0.4 is 35.0 Å². The van der Waals surface area contributed by atoms with Crippen LogP contribution in [0, 0.1) is 0 Å². The van der Waals surface area contributed by atoms with Crippen LogP contribution >= 0.6 is 27.5 Å². The molecule has 1 aliphatic heterocycles. The predicted octanol–water partition coefficient (Wildman–Crippen LogP) is 5.21. The molecule has 0 radical (unpaired) electrons. The molecule has 0 spiro atoms. The molecule has 0 unspecified atom stereocenters. The fourth-order valence-corrected chi connectivity index (χ4v) is 5.22. The zero-order valence-corrected chi connectivity index (χ0v) is 27.9. The lowest BCUT2D eigenvalue weighted by Gasteiger charge is -2.28. The maximum Gasteiger partial charge on any atom is 0.337 e. The number of rotatable bonds is 14. The number of methoxy groups -OCH3 is 2. The Morgan fingerprint density at radius 1 is 1.11 bits per heavy atom. The molecule has 3 aromatic rings. The molecule has 244 valence electrons. The monoisotopic (exact) mass is 716 g/mol. The first-order valence-electron chi connectivity index (χ1n) is 14.1. The number of allylic oxidation sites excluding steroid dienone is 1. The molecule has 0 bridgehead atoms. The van der Waals surface area contributed by atoms with Crippen LogP contribution in [-0.2, 0) is 16.1 Å². The Kier molecular flexibility index (Phi) is 12.1. The van der Waals surface area contributed by atoms with Crippen LogP contribution in [0.15, 0.2) is 75.4 Å². The number of carbonyl (C=O) groups is 2. The summed E-state index contributed by atoms with van der Waals surface area (Å²) in [6.07, 6.45) is 0.285. The molecule has 3 aromatic carbocycles. The second-order valence-electron chi connectivity index (χ2n) is 9.82. The average molecular weight is 718 g/mol. The number of hydrogen-bond acceptors (Lipinski definition) is 10. The number of ether oxygens (including phenoxy) is 5. The molecule has 46 heavy (non-hydrogen) atoms. The number of halogens is 2. The van der Waals surface area contributed by atoms with E-state index in [0.29, 0.717) is 51.5 Å². The summed E-state index contributed by atoms with van der Waals surface area (Å²) in [4.78, 5) is 24.7. The molecule has 4 rings (SSSR count). The van der Waals surface area contributed by atoms with Crippen molar-refractivity contribution in [1.82, 2.24) is 16.1 Å². The number of benzene rings is 3. The molecule has 0 saturated carbocycles. The minimum absolute atomic E-state index is 0.190. The lowest BCUT2D eigenvalue weighted by Crippen LogP contribution is -2.45. The van der Waals surface area contributed by atoms with Gasteiger partial charge in [-0.1, -0.05) is 51.8 Å². The summed E-state index contributed by atoms with van der Waals surface area (Å²) in [5.74, 6) is 1.03. The topological polar surface area (TPSA) is 149 Å². The Balaban J connectivity index is 1.45. The third-order valence-corrected chi connectivity index (χ3v) is 7.52. The number of nitrogens with one attached hydrogen (secondary N) is 3. The molecule has 14 heteroatoms. The van der Waals surface area contributed by atoms with Crippen molar-refractivity contribution in [2.24, 2.45) is 5.10 Å². The fourth-order valence-electron chi connectivity index (χ4n) is 4.57. The highest BCUT2D eigenvalue weighted by atomic mass is 79.9. The number of carbonyl (C=O) groups excluding carboxylic acids is 2. The summed E-state index contributed by atoms with van der Waals surface area (Å²) in [5, 5.41) is 20.7. The van der Waals surface area contributed by atoms with E-state index in [9.17, 15) is 14.7 Å². The Labute approximate surface area is 279 Å². The fraction of sp³-hybridized carbons (Fsp3) is 0.281. The zero-order valence-electron chi connectivity index (χ0n) is 25.6. The van der Waals surface area contributed by atoms with E-state index in [-0.39, 0.29) is 18.8 Å². The van der Waals surface area contributed by atoms with Crippen LogP contribution in [-0.4, -0.2) is 57.0 Å². The van der Waals surface area contributed by atoms with Crippen LogP contribution in [0.5, 0.6) is 23.0 Å². The van der Waals surface area contributed by atoms with Crippen molar-refractivity contribution >= 4 is 45.7 Å². The molecule has 4 N–H and O–H groups in total. The van der Waals surface area contributed by atoms with Gasteiger partial charge in [-0.3, -0.25) is 5.43 Å². The Morgan fingerprint density at radius 3 is 2.61 bits per heavy atom. The number of amides is 2. The molecule has 12 nitrogen and oxygen atoms in total. The number of hydrogen-bond donors (Lipinski definition) is 4. The van der Waals surface area contributed by atoms with Gasteiger partial charge in [0.15, 0.2) is 29.2 Å². The van der Waals surface area contributed by atoms with Gasteiger partial charge in [-0.05, 0) is 49.7 Å². The summed E-state index contributed by atoms with van der Waals surface area (Å²) in [6, 6.07) is 14.7. The third kappa shape index (κ3) is 8.62. The van der Waals surface area contributed by atoms with E-state index in [1.165, 1.54) is 20.4 Å². The summed E-state index contributed by atoms with van der Waals surface area (Å²) in [7, 11) is 2.80. The summed E-state index contributed by atoms with van der Waals surface area (Å²) in [6.45, 7) is 3.76. The normalized spacial score (nSPS) is 15.1. The second-order valence-corrected chi connectivity index (χ2v) is 11.1. The van der Waals surface area contributed by atoms with Crippen molar-refractivity contribution in [3.8, 4) is 23.0 Å². The third-order valence-electron chi connectivity index (χ3n) is 6.70. The highest BCUT2D eigenvalue weighted by Crippen LogP contribution is 2.36. The SMILES string of the molecule is CCOc1cc([C@H]2NC(=O)NC(C)=C2C(=O)OC)ccc1OC[C@@H](O)N/N=C/c1cc(Br)cc(OC)c1OCc1ccccc1Cl. The largest absolute Gasteiger partial charge is 0.493 e. The first kappa shape index (κ1) is 34.4. The van der Waals surface area contributed by atoms with Gasteiger partial charge in [0.05, 0.1) is 38.7 Å². The number of nitrogens with zero attached hydrogens (tertiary/aromatic N) is 1. The van der Waals surface area contributed by atoms with Gasteiger partial charge in [0.25, 0.3) is 0 Å². The van der Waals surface area contributed by atoms with Crippen LogP contribution in [0.25, 0.3) is 0 Å². The van der Waals surface area contributed by atoms with Crippen molar-refractivity contribution in [1.29, 1.82) is 0 Å². The second kappa shape index (κ2) is 16.2. The van der Waals surface area contributed by atoms with Crippen LogP contribution in [0.3, 0.4) is 0 Å². The number of urea groups is 1. The van der Waals surface area contributed by atoms with Crippen molar-refractivity contribution in [3.63, 3.8) is 0 Å². The number of aliphatic hydroxyl groups is 1. The van der Waals surface area contributed by atoms with Crippen molar-refractivity contribution in [2.45, 2.75) is 32.7 Å². The first-order chi connectivity index (χ1) is 22.1. The maximum absolute atomic E-state index is 12.5. The highest BCUT2D eigenvalue weighted by Gasteiger charge is 2.32. The molecule has 2 amide bonds. The van der Waals surface area contributed by atoms with Gasteiger partial charge in [-0.2, -0.15) is 5.10 Å². The van der Waals surface area contributed by atoms with Crippen molar-refractivity contribution < 1.29 is 38.4 Å². The van der Waals surface area contributed by atoms with Crippen molar-refractivity contribution in [3.05, 3.63) is 92.1 Å². The van der Waals surface area contributed by atoms with E-state index >= 15 is 0 Å². The lowest BCUT2D eigenvalue weighted by molar-refractivity contribution is -0.136. The van der Waals surface area contributed by atoms with Gasteiger partial charge in [0.1, 0.15) is 13.2 Å². The Bertz CT molecular complexity index is 1630. The molecule has 2 atom stereocenters. The van der Waals surface area contributed by atoms with Gasteiger partial charge in [0, 0.05) is 26.3 Å². The van der Waals surface area contributed by atoms with Gasteiger partial charge in [-0.15, -0.1) is 0 Å². The van der Waals surface area contributed by atoms with Crippen molar-refractivity contribution in [2.75, 3.05) is 27.4 Å². The van der Waals surface area contributed by atoms with E-state index < -0.39 is 24.3 Å². The quantitative estimate of drug-likeness (QED) is 0.0764. The molecular formula is C32H34BrClN4O8. The average Bonchev–Trinajstić information content (AvgIpc) is 3.03. The number of esters is 1. The molecule has 0 fully saturated rings. The predicted molar refractivity (Wildman–Crippen MR) is 175 cm³/mol.